The van der Waals surface area contributed by atoms with E-state index in [1.54, 1.807) is 23.1 Å². The van der Waals surface area contributed by atoms with Gasteiger partial charge in [-0.2, -0.15) is 9.97 Å². The molecule has 234 valence electrons. The Morgan fingerprint density at radius 1 is 1.11 bits per heavy atom. The van der Waals surface area contributed by atoms with Crippen molar-refractivity contribution >= 4 is 33.6 Å². The number of carbonyl (C=O) groups excluding carboxylic acids is 1. The Labute approximate surface area is 259 Å². The van der Waals surface area contributed by atoms with Crippen LogP contribution >= 0.6 is 0 Å². The van der Waals surface area contributed by atoms with Crippen molar-refractivity contribution in [2.75, 3.05) is 45.5 Å². The number of ether oxygens (including phenoxy) is 4. The van der Waals surface area contributed by atoms with Crippen LogP contribution in [0.3, 0.4) is 0 Å². The lowest BCUT2D eigenvalue weighted by Gasteiger charge is -2.41. The first-order chi connectivity index (χ1) is 21.5. The maximum Gasteiger partial charge on any atom is 0.410 e. The normalized spacial score (nSPS) is 16.3. The van der Waals surface area contributed by atoms with Gasteiger partial charge in [0.25, 0.3) is 0 Å². The Hall–Kier alpha value is -4.76. The summed E-state index contributed by atoms with van der Waals surface area (Å²) in [5.41, 5.74) is 0.118. The molecule has 1 unspecified atom stereocenters. The first kappa shape index (κ1) is 30.3. The number of carbonyl (C=O) groups is 1. The van der Waals surface area contributed by atoms with Gasteiger partial charge in [-0.05, 0) is 57.2 Å². The average Bonchev–Trinajstić information content (AvgIpc) is 3.17. The first-order valence-corrected chi connectivity index (χ1v) is 14.6. The zero-order valence-electron chi connectivity index (χ0n) is 25.7. The number of aryl methyl sites for hydroxylation is 1. The van der Waals surface area contributed by atoms with Crippen LogP contribution in [-0.2, 0) is 15.9 Å². The third-order valence-electron chi connectivity index (χ3n) is 7.91. The molecule has 0 spiro atoms. The van der Waals surface area contributed by atoms with Gasteiger partial charge in [0, 0.05) is 43.7 Å². The van der Waals surface area contributed by atoms with Crippen LogP contribution in [0.4, 0.5) is 19.4 Å². The van der Waals surface area contributed by atoms with Crippen molar-refractivity contribution in [3.05, 3.63) is 47.2 Å². The van der Waals surface area contributed by atoms with Gasteiger partial charge in [-0.25, -0.2) is 18.6 Å². The number of pyridine rings is 1. The Morgan fingerprint density at radius 2 is 1.91 bits per heavy atom. The topological polar surface area (TPSA) is 99.1 Å². The third-order valence-corrected chi connectivity index (χ3v) is 7.91. The molecular formula is C33H33F2N5O5. The molecule has 12 heteroatoms. The van der Waals surface area contributed by atoms with E-state index in [9.17, 15) is 9.18 Å². The summed E-state index contributed by atoms with van der Waals surface area (Å²) >= 11 is 0. The quantitative estimate of drug-likeness (QED) is 0.213. The van der Waals surface area contributed by atoms with Gasteiger partial charge in [0.1, 0.15) is 34.2 Å². The van der Waals surface area contributed by atoms with E-state index in [0.29, 0.717) is 65.9 Å². The molecule has 0 radical (unpaired) electrons. The molecule has 1 saturated heterocycles. The summed E-state index contributed by atoms with van der Waals surface area (Å²) in [6.45, 7) is 6.65. The molecule has 4 aromatic rings. The second-order valence-corrected chi connectivity index (χ2v) is 12.0. The van der Waals surface area contributed by atoms with E-state index in [-0.39, 0.29) is 47.3 Å². The number of rotatable bonds is 5. The van der Waals surface area contributed by atoms with Gasteiger partial charge in [0.15, 0.2) is 12.6 Å². The predicted molar refractivity (Wildman–Crippen MR) is 164 cm³/mol. The number of methoxy groups -OCH3 is 2. The Morgan fingerprint density at radius 3 is 2.62 bits per heavy atom. The number of piperazine rings is 1. The average molecular weight is 618 g/mol. The number of hydrogen-bond acceptors (Lipinski definition) is 9. The molecule has 1 atom stereocenters. The second kappa shape index (κ2) is 11.6. The smallest absolute Gasteiger partial charge is 0.410 e. The van der Waals surface area contributed by atoms with Crippen molar-refractivity contribution in [2.45, 2.75) is 45.3 Å². The highest BCUT2D eigenvalue weighted by Gasteiger charge is 2.37. The highest BCUT2D eigenvalue weighted by Crippen LogP contribution is 2.42. The summed E-state index contributed by atoms with van der Waals surface area (Å²) in [6, 6.07) is 5.91. The molecule has 6 rings (SSSR count). The maximum atomic E-state index is 16.8. The molecule has 45 heavy (non-hydrogen) atoms. The molecule has 1 fully saturated rings. The van der Waals surface area contributed by atoms with Crippen molar-refractivity contribution in [3.63, 3.8) is 0 Å². The molecule has 0 saturated carbocycles. The highest BCUT2D eigenvalue weighted by atomic mass is 19.1. The predicted octanol–water partition coefficient (Wildman–Crippen LogP) is 5.47. The summed E-state index contributed by atoms with van der Waals surface area (Å²) < 4.78 is 53.6. The third kappa shape index (κ3) is 5.53. The summed E-state index contributed by atoms with van der Waals surface area (Å²) in [4.78, 5) is 30.6. The molecule has 4 heterocycles. The van der Waals surface area contributed by atoms with Crippen LogP contribution in [-0.4, -0.2) is 78.2 Å². The van der Waals surface area contributed by atoms with Crippen LogP contribution in [0.5, 0.6) is 11.8 Å². The van der Waals surface area contributed by atoms with Gasteiger partial charge in [-0.3, -0.25) is 0 Å². The Kier molecular flexibility index (Phi) is 7.82. The fourth-order valence-corrected chi connectivity index (χ4v) is 5.99. The molecule has 1 amide bonds. The molecule has 0 N–H and O–H groups in total. The van der Waals surface area contributed by atoms with Gasteiger partial charge in [0.05, 0.1) is 23.8 Å². The van der Waals surface area contributed by atoms with E-state index < -0.39 is 17.2 Å². The number of amides is 1. The molecule has 2 aromatic heterocycles. The molecule has 2 aliphatic rings. The van der Waals surface area contributed by atoms with Gasteiger partial charge >= 0.3 is 12.1 Å². The lowest BCUT2D eigenvalue weighted by molar-refractivity contribution is 0.0212. The second-order valence-electron chi connectivity index (χ2n) is 12.0. The van der Waals surface area contributed by atoms with E-state index in [2.05, 4.69) is 20.8 Å². The molecule has 2 aliphatic heterocycles. The number of hydrogen-bond donors (Lipinski definition) is 0. The zero-order chi connectivity index (χ0) is 32.0. The van der Waals surface area contributed by atoms with Crippen LogP contribution in [0.15, 0.2) is 24.3 Å². The number of halogens is 2. The number of nitrogens with zero attached hydrogens (tertiary/aromatic N) is 5. The minimum Gasteiger partial charge on any atom is -0.468 e. The highest BCUT2D eigenvalue weighted by molar-refractivity contribution is 6.03. The molecule has 2 aromatic carbocycles. The minimum atomic E-state index is -0.737. The Balaban J connectivity index is 1.53. The van der Waals surface area contributed by atoms with Crippen molar-refractivity contribution < 1.29 is 32.5 Å². The summed E-state index contributed by atoms with van der Waals surface area (Å²) in [6.07, 6.45) is 6.39. The fourth-order valence-electron chi connectivity index (χ4n) is 5.99. The van der Waals surface area contributed by atoms with Crippen LogP contribution < -0.4 is 14.4 Å². The van der Waals surface area contributed by atoms with Crippen LogP contribution in [0.25, 0.3) is 32.9 Å². The zero-order valence-corrected chi connectivity index (χ0v) is 25.7. The summed E-state index contributed by atoms with van der Waals surface area (Å²) in [5, 5.41) is 1.32. The van der Waals surface area contributed by atoms with Crippen LogP contribution in [0, 0.1) is 24.0 Å². The molecule has 0 aliphatic carbocycles. The maximum absolute atomic E-state index is 16.8. The van der Waals surface area contributed by atoms with E-state index >= 15 is 4.39 Å². The van der Waals surface area contributed by atoms with E-state index in [4.69, 9.17) is 30.4 Å². The van der Waals surface area contributed by atoms with Crippen molar-refractivity contribution in [1.82, 2.24) is 19.9 Å². The number of benzene rings is 2. The van der Waals surface area contributed by atoms with Crippen molar-refractivity contribution in [3.8, 4) is 35.4 Å². The standard InChI is InChI=1S/C33H33F2N5O5/c1-7-21-23(34)10-8-18-14-20(44-17-42-5)15-22(25(18)21)28-27(35)29-26-24(36-28)11-9-19-16-39(32(41)45-33(2,3)4)12-13-40(19)30(26)38-31(37-29)43-6/h1,8,10,14-15,19H,9,11-13,16-17H2,2-6H3. The van der Waals surface area contributed by atoms with Gasteiger partial charge in [-0.1, -0.05) is 12.0 Å². The van der Waals surface area contributed by atoms with Gasteiger partial charge < -0.3 is 28.7 Å². The van der Waals surface area contributed by atoms with E-state index in [1.807, 2.05) is 20.8 Å². The fraction of sp³-hybridized carbons (Fsp3) is 0.394. The van der Waals surface area contributed by atoms with Crippen LogP contribution in [0.1, 0.15) is 38.4 Å². The Bertz CT molecular complexity index is 1870. The van der Waals surface area contributed by atoms with Gasteiger partial charge in [0.2, 0.25) is 0 Å². The lowest BCUT2D eigenvalue weighted by atomic mass is 9.95. The minimum absolute atomic E-state index is 0.0158. The number of anilines is 1. The van der Waals surface area contributed by atoms with Gasteiger partial charge in [-0.15, -0.1) is 6.42 Å². The summed E-state index contributed by atoms with van der Waals surface area (Å²) in [5.74, 6) is 1.91. The molecular weight excluding hydrogens is 584 g/mol. The SMILES string of the molecule is C#Cc1c(F)ccc2cc(OCOC)cc(-c3nc4c5c(nc(OC)nc5c3F)N3CCN(C(=O)OC(C)(C)C)CC3CC4)c12. The molecule has 10 nitrogen and oxygen atoms in total. The first-order valence-electron chi connectivity index (χ1n) is 14.6. The van der Waals surface area contributed by atoms with Crippen molar-refractivity contribution in [1.29, 1.82) is 0 Å². The van der Waals surface area contributed by atoms with E-state index in [1.165, 1.54) is 20.3 Å². The van der Waals surface area contributed by atoms with Crippen molar-refractivity contribution in [2.24, 2.45) is 0 Å². The van der Waals surface area contributed by atoms with E-state index in [0.717, 1.165) is 0 Å². The summed E-state index contributed by atoms with van der Waals surface area (Å²) in [7, 11) is 2.90. The molecule has 0 bridgehead atoms. The largest absolute Gasteiger partial charge is 0.468 e. The number of terminal acetylenes is 1. The number of aromatic nitrogens is 3. The monoisotopic (exact) mass is 617 g/mol. The number of fused-ring (bicyclic) bond motifs is 3. The lowest BCUT2D eigenvalue weighted by Crippen LogP contribution is -2.55. The van der Waals surface area contributed by atoms with Crippen LogP contribution in [0.2, 0.25) is 0 Å².